The third-order valence-electron chi connectivity index (χ3n) is 4.07. The van der Waals surface area contributed by atoms with Gasteiger partial charge in [0, 0.05) is 11.1 Å². The zero-order chi connectivity index (χ0) is 13.6. The third-order valence-corrected chi connectivity index (χ3v) is 4.50. The molecule has 102 valence electrons. The van der Waals surface area contributed by atoms with Crippen LogP contribution in [0, 0.1) is 5.92 Å². The summed E-state index contributed by atoms with van der Waals surface area (Å²) in [6, 6.07) is 6.39. The van der Waals surface area contributed by atoms with Gasteiger partial charge in [0.2, 0.25) is 0 Å². The van der Waals surface area contributed by atoms with Crippen LogP contribution >= 0.6 is 23.2 Å². The summed E-state index contributed by atoms with van der Waals surface area (Å²) in [5, 5.41) is 0.676. The highest BCUT2D eigenvalue weighted by Gasteiger charge is 2.27. The van der Waals surface area contributed by atoms with Crippen molar-refractivity contribution in [3.63, 3.8) is 0 Å². The smallest absolute Gasteiger partial charge is 0.127 e. The van der Waals surface area contributed by atoms with Crippen molar-refractivity contribution in [2.24, 2.45) is 5.92 Å². The van der Waals surface area contributed by atoms with Gasteiger partial charge in [0.25, 0.3) is 0 Å². The Hall–Kier alpha value is -0.730. The number of hydrogen-bond donors (Lipinski definition) is 0. The second kappa shape index (κ2) is 4.99. The standard InChI is InChI=1S/C15H18Cl2N2/c1-9-3-5-12(7-9)19-14-8-11(17)4-6-13(14)18-15(19)10(2)16/h4,6,8-10,12H,3,5,7H2,1-2H3. The van der Waals surface area contributed by atoms with Crippen LogP contribution in [-0.4, -0.2) is 9.55 Å². The van der Waals surface area contributed by atoms with E-state index in [9.17, 15) is 0 Å². The molecular weight excluding hydrogens is 279 g/mol. The highest BCUT2D eigenvalue weighted by molar-refractivity contribution is 6.31. The molecule has 3 unspecified atom stereocenters. The summed E-state index contributed by atoms with van der Waals surface area (Å²) >= 11 is 12.5. The van der Waals surface area contributed by atoms with E-state index in [1.165, 1.54) is 19.3 Å². The first-order chi connectivity index (χ1) is 9.06. The lowest BCUT2D eigenvalue weighted by Gasteiger charge is -2.18. The van der Waals surface area contributed by atoms with Crippen molar-refractivity contribution in [2.75, 3.05) is 0 Å². The van der Waals surface area contributed by atoms with E-state index >= 15 is 0 Å². The number of rotatable bonds is 2. The van der Waals surface area contributed by atoms with E-state index < -0.39 is 0 Å². The van der Waals surface area contributed by atoms with Crippen LogP contribution in [-0.2, 0) is 0 Å². The predicted octanol–water partition coefficient (Wildman–Crippen LogP) is 5.35. The van der Waals surface area contributed by atoms with Gasteiger partial charge >= 0.3 is 0 Å². The van der Waals surface area contributed by atoms with Crippen LogP contribution in [0.3, 0.4) is 0 Å². The molecule has 0 spiro atoms. The maximum absolute atomic E-state index is 6.32. The van der Waals surface area contributed by atoms with Crippen molar-refractivity contribution in [1.29, 1.82) is 0 Å². The largest absolute Gasteiger partial charge is 0.324 e. The summed E-state index contributed by atoms with van der Waals surface area (Å²) in [5.74, 6) is 1.75. The number of fused-ring (bicyclic) bond motifs is 1. The second-order valence-corrected chi connectivity index (χ2v) is 6.75. The first kappa shape index (κ1) is 13.3. The van der Waals surface area contributed by atoms with Crippen LogP contribution in [0.4, 0.5) is 0 Å². The van der Waals surface area contributed by atoms with Gasteiger partial charge < -0.3 is 4.57 Å². The molecule has 3 rings (SSSR count). The van der Waals surface area contributed by atoms with Gasteiger partial charge in [-0.05, 0) is 50.3 Å². The fraction of sp³-hybridized carbons (Fsp3) is 0.533. The Morgan fingerprint density at radius 1 is 1.37 bits per heavy atom. The second-order valence-electron chi connectivity index (χ2n) is 5.66. The Morgan fingerprint density at radius 2 is 2.16 bits per heavy atom. The Bertz CT molecular complexity index is 603. The minimum absolute atomic E-state index is 0.0814. The van der Waals surface area contributed by atoms with E-state index in [0.29, 0.717) is 6.04 Å². The Labute approximate surface area is 123 Å². The van der Waals surface area contributed by atoms with Gasteiger partial charge in [0.05, 0.1) is 16.4 Å². The molecule has 1 fully saturated rings. The van der Waals surface area contributed by atoms with Gasteiger partial charge in [-0.3, -0.25) is 0 Å². The molecule has 2 aromatic rings. The maximum Gasteiger partial charge on any atom is 0.127 e. The number of aromatic nitrogens is 2. The van der Waals surface area contributed by atoms with Crippen LogP contribution in [0.5, 0.6) is 0 Å². The van der Waals surface area contributed by atoms with Crippen LogP contribution in [0.2, 0.25) is 5.02 Å². The van der Waals surface area contributed by atoms with Crippen molar-refractivity contribution in [3.8, 4) is 0 Å². The monoisotopic (exact) mass is 296 g/mol. The lowest BCUT2D eigenvalue weighted by atomic mass is 10.1. The minimum atomic E-state index is -0.0814. The molecule has 3 atom stereocenters. The predicted molar refractivity (Wildman–Crippen MR) is 81.1 cm³/mol. The topological polar surface area (TPSA) is 17.8 Å². The molecule has 0 amide bonds. The molecule has 1 aromatic heterocycles. The van der Waals surface area contributed by atoms with Crippen molar-refractivity contribution < 1.29 is 0 Å². The molecule has 0 N–H and O–H groups in total. The summed E-state index contributed by atoms with van der Waals surface area (Å²) < 4.78 is 2.32. The van der Waals surface area contributed by atoms with E-state index in [2.05, 4.69) is 11.5 Å². The SMILES string of the molecule is CC1CCC(n2c(C(C)Cl)nc3ccc(Cl)cc32)C1. The van der Waals surface area contributed by atoms with Gasteiger partial charge in [-0.1, -0.05) is 18.5 Å². The molecule has 0 radical (unpaired) electrons. The van der Waals surface area contributed by atoms with Crippen LogP contribution in [0.15, 0.2) is 18.2 Å². The molecule has 1 aliphatic rings. The zero-order valence-electron chi connectivity index (χ0n) is 11.2. The Balaban J connectivity index is 2.18. The lowest BCUT2D eigenvalue weighted by Crippen LogP contribution is -2.10. The molecule has 19 heavy (non-hydrogen) atoms. The van der Waals surface area contributed by atoms with E-state index in [4.69, 9.17) is 28.2 Å². The molecule has 0 bridgehead atoms. The van der Waals surface area contributed by atoms with Gasteiger partial charge in [-0.25, -0.2) is 4.98 Å². The van der Waals surface area contributed by atoms with Gasteiger partial charge in [0.1, 0.15) is 5.82 Å². The highest BCUT2D eigenvalue weighted by Crippen LogP contribution is 2.39. The molecule has 0 aliphatic heterocycles. The minimum Gasteiger partial charge on any atom is -0.324 e. The average Bonchev–Trinajstić information content (AvgIpc) is 2.92. The number of hydrogen-bond acceptors (Lipinski definition) is 1. The summed E-state index contributed by atoms with van der Waals surface area (Å²) in [4.78, 5) is 4.70. The summed E-state index contributed by atoms with van der Waals surface area (Å²) in [6.07, 6.45) is 3.69. The number of nitrogens with zero attached hydrogens (tertiary/aromatic N) is 2. The highest BCUT2D eigenvalue weighted by atomic mass is 35.5. The van der Waals surface area contributed by atoms with E-state index in [1.54, 1.807) is 0 Å². The van der Waals surface area contributed by atoms with Crippen molar-refractivity contribution >= 4 is 34.2 Å². The van der Waals surface area contributed by atoms with E-state index in [0.717, 1.165) is 27.8 Å². The zero-order valence-corrected chi connectivity index (χ0v) is 12.7. The number of benzene rings is 1. The summed E-state index contributed by atoms with van der Waals surface area (Å²) in [6.45, 7) is 4.30. The molecule has 1 aliphatic carbocycles. The molecular formula is C15H18Cl2N2. The van der Waals surface area contributed by atoms with Crippen molar-refractivity contribution in [2.45, 2.75) is 44.5 Å². The molecule has 4 heteroatoms. The molecule has 1 aromatic carbocycles. The first-order valence-electron chi connectivity index (χ1n) is 6.87. The number of imidazole rings is 1. The number of alkyl halides is 1. The fourth-order valence-electron chi connectivity index (χ4n) is 3.16. The van der Waals surface area contributed by atoms with Crippen molar-refractivity contribution in [3.05, 3.63) is 29.0 Å². The molecule has 1 saturated carbocycles. The molecule has 2 nitrogen and oxygen atoms in total. The van der Waals surface area contributed by atoms with Crippen LogP contribution in [0.25, 0.3) is 11.0 Å². The van der Waals surface area contributed by atoms with Gasteiger partial charge in [-0.15, -0.1) is 11.6 Å². The lowest BCUT2D eigenvalue weighted by molar-refractivity contribution is 0.488. The summed E-state index contributed by atoms with van der Waals surface area (Å²) in [7, 11) is 0. The number of halogens is 2. The quantitative estimate of drug-likeness (QED) is 0.683. The van der Waals surface area contributed by atoms with Crippen molar-refractivity contribution in [1.82, 2.24) is 9.55 Å². The fourth-order valence-corrected chi connectivity index (χ4v) is 3.48. The summed E-state index contributed by atoms with van der Waals surface area (Å²) in [5.41, 5.74) is 2.11. The van der Waals surface area contributed by atoms with Crippen LogP contribution < -0.4 is 0 Å². The maximum atomic E-state index is 6.32. The van der Waals surface area contributed by atoms with E-state index in [-0.39, 0.29) is 5.38 Å². The third kappa shape index (κ3) is 2.36. The molecule has 1 heterocycles. The van der Waals surface area contributed by atoms with Gasteiger partial charge in [-0.2, -0.15) is 0 Å². The van der Waals surface area contributed by atoms with Gasteiger partial charge in [0.15, 0.2) is 0 Å². The van der Waals surface area contributed by atoms with Crippen LogP contribution in [0.1, 0.15) is 50.4 Å². The molecule has 0 saturated heterocycles. The Kier molecular flexibility index (Phi) is 3.48. The first-order valence-corrected chi connectivity index (χ1v) is 7.69. The average molecular weight is 297 g/mol. The Morgan fingerprint density at radius 3 is 2.79 bits per heavy atom. The van der Waals surface area contributed by atoms with E-state index in [1.807, 2.05) is 25.1 Å². The normalized spacial score (nSPS) is 25.1.